The maximum atomic E-state index is 2.44. The minimum absolute atomic E-state index is 0.132. The molecule has 0 bridgehead atoms. The second kappa shape index (κ2) is 6.19. The average molecular weight is 439 g/mol. The van der Waals surface area contributed by atoms with Crippen molar-refractivity contribution in [2.45, 2.75) is 52.4 Å². The van der Waals surface area contributed by atoms with Gasteiger partial charge >= 0.3 is 0 Å². The second-order valence-electron chi connectivity index (χ2n) is 12.2. The van der Waals surface area contributed by atoms with Crippen LogP contribution in [0.25, 0.3) is 64.6 Å². The van der Waals surface area contributed by atoms with Gasteiger partial charge in [-0.15, -0.1) is 0 Å². The van der Waals surface area contributed by atoms with E-state index in [1.807, 2.05) is 0 Å². The molecule has 0 amide bonds. The molecule has 0 heteroatoms. The Morgan fingerprint density at radius 3 is 1.03 bits per heavy atom. The Balaban J connectivity index is 1.76. The lowest BCUT2D eigenvalue weighted by Crippen LogP contribution is -2.10. The van der Waals surface area contributed by atoms with Crippen molar-refractivity contribution in [3.63, 3.8) is 0 Å². The van der Waals surface area contributed by atoms with E-state index in [9.17, 15) is 0 Å². The molecule has 0 aliphatic heterocycles. The summed E-state index contributed by atoms with van der Waals surface area (Å²) in [5.74, 6) is 0. The fourth-order valence-corrected chi connectivity index (χ4v) is 6.24. The number of rotatable bonds is 0. The number of hydrogen-bond acceptors (Lipinski definition) is 0. The summed E-state index contributed by atoms with van der Waals surface area (Å²) in [5, 5.41) is 16.8. The summed E-state index contributed by atoms with van der Waals surface area (Å²) < 4.78 is 0. The topological polar surface area (TPSA) is 0 Å². The van der Waals surface area contributed by atoms with E-state index in [2.05, 4.69) is 114 Å². The molecule has 0 saturated heterocycles. The third-order valence-corrected chi connectivity index (χ3v) is 8.06. The molecule has 0 aromatic heterocycles. The zero-order chi connectivity index (χ0) is 23.6. The van der Waals surface area contributed by atoms with E-state index >= 15 is 0 Å². The maximum absolute atomic E-state index is 2.44. The smallest absolute Gasteiger partial charge is 0.00137 e. The summed E-state index contributed by atoms with van der Waals surface area (Å²) >= 11 is 0. The van der Waals surface area contributed by atoms with Crippen molar-refractivity contribution >= 4 is 64.6 Å². The Kier molecular flexibility index (Phi) is 3.65. The highest BCUT2D eigenvalue weighted by molar-refractivity contribution is 6.47. The van der Waals surface area contributed by atoms with Gasteiger partial charge in [0.15, 0.2) is 0 Å². The van der Waals surface area contributed by atoms with E-state index in [-0.39, 0.29) is 10.8 Å². The molecule has 7 aromatic rings. The quantitative estimate of drug-likeness (QED) is 0.207. The third kappa shape index (κ3) is 2.44. The van der Waals surface area contributed by atoms with E-state index in [1.165, 1.54) is 75.8 Å². The number of benzene rings is 5. The number of hydrogen-bond donors (Lipinski definition) is 0. The number of fused-ring (bicyclic) bond motifs is 8. The third-order valence-electron chi connectivity index (χ3n) is 8.06. The van der Waals surface area contributed by atoms with Crippen molar-refractivity contribution in [2.75, 3.05) is 0 Å². The Labute approximate surface area is 200 Å². The summed E-state index contributed by atoms with van der Waals surface area (Å²) in [4.78, 5) is 0. The minimum Gasteiger partial charge on any atom is -0.0610 e. The van der Waals surface area contributed by atoms with Crippen molar-refractivity contribution in [3.05, 3.63) is 83.9 Å². The van der Waals surface area contributed by atoms with Crippen molar-refractivity contribution in [2.24, 2.45) is 0 Å². The van der Waals surface area contributed by atoms with Crippen LogP contribution in [0.1, 0.15) is 52.7 Å². The lowest BCUT2D eigenvalue weighted by molar-refractivity contribution is 0.591. The highest BCUT2D eigenvalue weighted by Crippen LogP contribution is 2.50. The monoisotopic (exact) mass is 438 g/mol. The van der Waals surface area contributed by atoms with Gasteiger partial charge in [-0.25, -0.2) is 0 Å². The molecule has 34 heavy (non-hydrogen) atoms. The molecule has 0 fully saturated rings. The van der Waals surface area contributed by atoms with Gasteiger partial charge in [0.05, 0.1) is 0 Å². The van der Waals surface area contributed by atoms with Crippen LogP contribution < -0.4 is 0 Å². The van der Waals surface area contributed by atoms with E-state index in [0.717, 1.165) is 0 Å². The van der Waals surface area contributed by atoms with Crippen LogP contribution in [0.3, 0.4) is 0 Å². The molecule has 166 valence electrons. The van der Waals surface area contributed by atoms with Gasteiger partial charge in [0.2, 0.25) is 0 Å². The first kappa shape index (κ1) is 20.0. The van der Waals surface area contributed by atoms with Crippen molar-refractivity contribution in [1.82, 2.24) is 0 Å². The first-order chi connectivity index (χ1) is 16.1. The molecule has 0 aliphatic carbocycles. The Bertz CT molecular complexity index is 1760. The van der Waals surface area contributed by atoms with Gasteiger partial charge in [-0.2, -0.15) is 0 Å². The lowest BCUT2D eigenvalue weighted by atomic mass is 9.86. The molecule has 0 atom stereocenters. The van der Waals surface area contributed by atoms with Crippen molar-refractivity contribution in [1.29, 1.82) is 0 Å². The minimum atomic E-state index is 0.132. The van der Waals surface area contributed by atoms with E-state index in [4.69, 9.17) is 0 Å². The van der Waals surface area contributed by atoms with Crippen LogP contribution in [-0.4, -0.2) is 0 Å². The van der Waals surface area contributed by atoms with Crippen LogP contribution in [0.15, 0.2) is 72.8 Å². The molecular weight excluding hydrogens is 408 g/mol. The summed E-state index contributed by atoms with van der Waals surface area (Å²) in [6.07, 6.45) is 0. The lowest BCUT2D eigenvalue weighted by Gasteiger charge is -2.19. The zero-order valence-corrected chi connectivity index (χ0v) is 20.9. The first-order valence-electron chi connectivity index (χ1n) is 12.5. The van der Waals surface area contributed by atoms with Crippen LogP contribution >= 0.6 is 0 Å². The SMILES string of the molecule is CC(C)(C)c1ccc2c(c1)c1cccc3c1c2c1cccc2c4cc(C(C)(C)C)ccc4c3c21. The molecule has 0 spiro atoms. The second-order valence-corrected chi connectivity index (χ2v) is 12.2. The van der Waals surface area contributed by atoms with E-state index in [0.29, 0.717) is 0 Å². The van der Waals surface area contributed by atoms with Gasteiger partial charge in [0.25, 0.3) is 0 Å². The summed E-state index contributed by atoms with van der Waals surface area (Å²) in [6.45, 7) is 13.8. The molecule has 0 radical (unpaired) electrons. The Morgan fingerprint density at radius 2 is 0.676 bits per heavy atom. The molecule has 0 saturated carbocycles. The Hall–Kier alpha value is -3.38. The largest absolute Gasteiger partial charge is 0.0610 e. The van der Waals surface area contributed by atoms with Gasteiger partial charge in [-0.3, -0.25) is 0 Å². The highest BCUT2D eigenvalue weighted by atomic mass is 14.3. The van der Waals surface area contributed by atoms with Crippen LogP contribution in [-0.2, 0) is 10.8 Å². The molecule has 0 aliphatic rings. The van der Waals surface area contributed by atoms with E-state index in [1.54, 1.807) is 0 Å². The highest BCUT2D eigenvalue weighted by Gasteiger charge is 2.24. The van der Waals surface area contributed by atoms with Gasteiger partial charge in [0.1, 0.15) is 0 Å². The summed E-state index contributed by atoms with van der Waals surface area (Å²) in [5.41, 5.74) is 3.06. The molecule has 0 N–H and O–H groups in total. The van der Waals surface area contributed by atoms with Gasteiger partial charge < -0.3 is 0 Å². The molecule has 7 aromatic carbocycles. The Morgan fingerprint density at radius 1 is 0.353 bits per heavy atom. The summed E-state index contributed by atoms with van der Waals surface area (Å²) in [7, 11) is 0. The average Bonchev–Trinajstić information content (AvgIpc) is 3.30. The first-order valence-corrected chi connectivity index (χ1v) is 12.5. The predicted molar refractivity (Wildman–Crippen MR) is 151 cm³/mol. The zero-order valence-electron chi connectivity index (χ0n) is 20.9. The molecule has 0 heterocycles. The normalized spacial score (nSPS) is 13.6. The molecule has 0 unspecified atom stereocenters. The maximum Gasteiger partial charge on any atom is -0.00137 e. The van der Waals surface area contributed by atoms with Gasteiger partial charge in [0, 0.05) is 0 Å². The standard InChI is InChI=1S/C34H30/c1-33(2,3)19-13-15-23-27(17-19)21-9-7-11-25-29(21)31(23)26-12-8-10-22-28-18-20(34(4,5)6)14-16-24(28)32(25)30(22)26/h7-18H,1-6H3. The molecular formula is C34H30. The molecule has 7 rings (SSSR count). The van der Waals surface area contributed by atoms with Crippen LogP contribution in [0, 0.1) is 0 Å². The van der Waals surface area contributed by atoms with Crippen molar-refractivity contribution < 1.29 is 0 Å². The van der Waals surface area contributed by atoms with Gasteiger partial charge in [-0.05, 0) is 98.7 Å². The summed E-state index contributed by atoms with van der Waals surface area (Å²) in [6, 6.07) is 28.2. The fraction of sp³-hybridized carbons (Fsp3) is 0.235. The molecule has 0 nitrogen and oxygen atoms in total. The fourth-order valence-electron chi connectivity index (χ4n) is 6.24. The van der Waals surface area contributed by atoms with Crippen LogP contribution in [0.4, 0.5) is 0 Å². The van der Waals surface area contributed by atoms with E-state index < -0.39 is 0 Å². The van der Waals surface area contributed by atoms with Gasteiger partial charge in [-0.1, -0.05) is 102 Å². The van der Waals surface area contributed by atoms with Crippen LogP contribution in [0.5, 0.6) is 0 Å². The van der Waals surface area contributed by atoms with Crippen LogP contribution in [0.2, 0.25) is 0 Å². The predicted octanol–water partition coefficient (Wildman–Crippen LogP) is 10.1. The van der Waals surface area contributed by atoms with Crippen molar-refractivity contribution in [3.8, 4) is 0 Å².